The lowest BCUT2D eigenvalue weighted by Crippen LogP contribution is -2.52. The van der Waals surface area contributed by atoms with Crippen LogP contribution in [0.2, 0.25) is 0 Å². The molecule has 2 aromatic carbocycles. The summed E-state index contributed by atoms with van der Waals surface area (Å²) >= 11 is 0. The third-order valence-electron chi connectivity index (χ3n) is 7.28. The molecule has 2 fully saturated rings. The molecule has 1 aliphatic heterocycles. The number of urea groups is 1. The average molecular weight is 502 g/mol. The normalized spacial score (nSPS) is 24.0. The standard InChI is InChI=1S/C28H37F2N3O3/c1-17(2)35-24-9-6-19(14-25(24)36-18(3)4)28-11-10-21(16-26(28)33(5)13-12-28)32-27(34)31-20-7-8-22(29)23(30)15-20/h6-9,14-15,17-18,21,26H,10-13,16H2,1-5H3,(H2,31,32,34). The van der Waals surface area contributed by atoms with E-state index in [1.807, 2.05) is 33.8 Å². The van der Waals surface area contributed by atoms with Crippen LogP contribution >= 0.6 is 0 Å². The summed E-state index contributed by atoms with van der Waals surface area (Å²) in [5.74, 6) is -0.413. The smallest absolute Gasteiger partial charge is 0.319 e. The van der Waals surface area contributed by atoms with Crippen molar-refractivity contribution in [3.05, 3.63) is 53.6 Å². The Morgan fingerprint density at radius 3 is 2.42 bits per heavy atom. The van der Waals surface area contributed by atoms with E-state index in [4.69, 9.17) is 9.47 Å². The molecule has 3 unspecified atom stereocenters. The molecule has 4 rings (SSSR count). The number of ether oxygens (including phenoxy) is 2. The van der Waals surface area contributed by atoms with Crippen molar-refractivity contribution in [2.75, 3.05) is 18.9 Å². The molecule has 6 nitrogen and oxygen atoms in total. The predicted octanol–water partition coefficient (Wildman–Crippen LogP) is 5.86. The number of nitrogens with one attached hydrogen (secondary N) is 2. The third-order valence-corrected chi connectivity index (χ3v) is 7.28. The minimum Gasteiger partial charge on any atom is -0.487 e. The second-order valence-corrected chi connectivity index (χ2v) is 10.6. The van der Waals surface area contributed by atoms with Crippen molar-refractivity contribution in [1.82, 2.24) is 10.2 Å². The minimum absolute atomic E-state index is 0.0242. The molecule has 1 aliphatic carbocycles. The van der Waals surface area contributed by atoms with E-state index < -0.39 is 17.7 Å². The Bertz CT molecular complexity index is 1090. The van der Waals surface area contributed by atoms with Crippen molar-refractivity contribution in [1.29, 1.82) is 0 Å². The second kappa shape index (κ2) is 10.6. The van der Waals surface area contributed by atoms with Crippen LogP contribution in [0, 0.1) is 11.6 Å². The molecule has 36 heavy (non-hydrogen) atoms. The lowest BCUT2D eigenvalue weighted by Gasteiger charge is -2.45. The zero-order valence-corrected chi connectivity index (χ0v) is 21.7. The van der Waals surface area contributed by atoms with Gasteiger partial charge in [0.2, 0.25) is 0 Å². The molecular formula is C28H37F2N3O3. The molecule has 2 aliphatic rings. The first-order valence-electron chi connectivity index (χ1n) is 12.8. The fourth-order valence-electron chi connectivity index (χ4n) is 5.69. The fourth-order valence-corrected chi connectivity index (χ4v) is 5.69. The van der Waals surface area contributed by atoms with Crippen LogP contribution in [0.15, 0.2) is 36.4 Å². The number of fused-ring (bicyclic) bond motifs is 1. The number of carbonyl (C=O) groups excluding carboxylic acids is 1. The Morgan fingerprint density at radius 1 is 1.00 bits per heavy atom. The van der Waals surface area contributed by atoms with Gasteiger partial charge in [0.25, 0.3) is 0 Å². The summed E-state index contributed by atoms with van der Waals surface area (Å²) < 4.78 is 38.8. The van der Waals surface area contributed by atoms with E-state index >= 15 is 0 Å². The molecule has 8 heteroatoms. The van der Waals surface area contributed by atoms with Gasteiger partial charge in [-0.05, 0) is 96.8 Å². The van der Waals surface area contributed by atoms with Crippen LogP contribution in [0.3, 0.4) is 0 Å². The van der Waals surface area contributed by atoms with Crippen LogP contribution in [-0.4, -0.2) is 48.8 Å². The van der Waals surface area contributed by atoms with Gasteiger partial charge in [-0.2, -0.15) is 0 Å². The minimum atomic E-state index is -0.992. The summed E-state index contributed by atoms with van der Waals surface area (Å²) in [4.78, 5) is 15.0. The van der Waals surface area contributed by atoms with Gasteiger partial charge in [-0.25, -0.2) is 13.6 Å². The summed E-state index contributed by atoms with van der Waals surface area (Å²) in [6.07, 6.45) is 3.65. The highest BCUT2D eigenvalue weighted by Crippen LogP contribution is 2.50. The molecule has 196 valence electrons. The number of hydrogen-bond donors (Lipinski definition) is 2. The maximum Gasteiger partial charge on any atom is 0.319 e. The number of anilines is 1. The van der Waals surface area contributed by atoms with Crippen molar-refractivity contribution in [3.63, 3.8) is 0 Å². The van der Waals surface area contributed by atoms with Crippen molar-refractivity contribution in [3.8, 4) is 11.5 Å². The van der Waals surface area contributed by atoms with Gasteiger partial charge in [-0.3, -0.25) is 0 Å². The predicted molar refractivity (Wildman–Crippen MR) is 137 cm³/mol. The van der Waals surface area contributed by atoms with Crippen molar-refractivity contribution < 1.29 is 23.0 Å². The number of halogens is 2. The fraction of sp³-hybridized carbons (Fsp3) is 0.536. The van der Waals surface area contributed by atoms with E-state index in [1.54, 1.807) is 0 Å². The van der Waals surface area contributed by atoms with E-state index in [0.717, 1.165) is 55.9 Å². The Morgan fingerprint density at radius 2 is 1.72 bits per heavy atom. The third kappa shape index (κ3) is 5.59. The number of hydrogen-bond acceptors (Lipinski definition) is 4. The molecule has 2 amide bonds. The summed E-state index contributed by atoms with van der Waals surface area (Å²) in [7, 11) is 2.14. The molecule has 1 saturated heterocycles. The average Bonchev–Trinajstić information content (AvgIpc) is 3.14. The van der Waals surface area contributed by atoms with Crippen molar-refractivity contribution in [2.24, 2.45) is 0 Å². The summed E-state index contributed by atoms with van der Waals surface area (Å²) in [6, 6.07) is 9.48. The Balaban J connectivity index is 1.50. The number of amides is 2. The Kier molecular flexibility index (Phi) is 7.73. The summed E-state index contributed by atoms with van der Waals surface area (Å²) in [5.41, 5.74) is 1.43. The molecule has 0 spiro atoms. The van der Waals surface area contributed by atoms with Crippen molar-refractivity contribution >= 4 is 11.7 Å². The molecular weight excluding hydrogens is 464 g/mol. The van der Waals surface area contributed by atoms with Gasteiger partial charge in [0, 0.05) is 29.3 Å². The summed E-state index contributed by atoms with van der Waals surface area (Å²) in [5, 5.41) is 5.65. The number of nitrogens with zero attached hydrogens (tertiary/aromatic N) is 1. The number of likely N-dealkylation sites (tertiary alicyclic amines) is 1. The molecule has 2 N–H and O–H groups in total. The highest BCUT2D eigenvalue weighted by Gasteiger charge is 2.50. The quantitative estimate of drug-likeness (QED) is 0.499. The molecule has 0 radical (unpaired) electrons. The van der Waals surface area contributed by atoms with E-state index in [2.05, 4.69) is 34.7 Å². The van der Waals surface area contributed by atoms with E-state index in [9.17, 15) is 13.6 Å². The zero-order valence-electron chi connectivity index (χ0n) is 21.7. The second-order valence-electron chi connectivity index (χ2n) is 10.6. The van der Waals surface area contributed by atoms with Crippen LogP contribution in [0.5, 0.6) is 11.5 Å². The zero-order chi connectivity index (χ0) is 26.0. The van der Waals surface area contributed by atoms with Gasteiger partial charge in [0.05, 0.1) is 12.2 Å². The highest BCUT2D eigenvalue weighted by molar-refractivity contribution is 5.89. The first-order chi connectivity index (χ1) is 17.1. The lowest BCUT2D eigenvalue weighted by atomic mass is 9.65. The molecule has 3 atom stereocenters. The SMILES string of the molecule is CC(C)Oc1ccc(C23CCC(NC(=O)Nc4ccc(F)c(F)c4)CC2N(C)CC3)cc1OC(C)C. The van der Waals surface area contributed by atoms with Crippen molar-refractivity contribution in [2.45, 2.75) is 83.1 Å². The van der Waals surface area contributed by atoms with Crippen LogP contribution in [0.25, 0.3) is 0 Å². The number of carbonyl (C=O) groups is 1. The monoisotopic (exact) mass is 501 g/mol. The van der Waals surface area contributed by atoms with E-state index in [-0.39, 0.29) is 35.4 Å². The summed E-state index contributed by atoms with van der Waals surface area (Å²) in [6.45, 7) is 9.01. The maximum absolute atomic E-state index is 13.5. The molecule has 0 aromatic heterocycles. The lowest BCUT2D eigenvalue weighted by molar-refractivity contribution is 0.155. The largest absolute Gasteiger partial charge is 0.487 e. The first-order valence-corrected chi connectivity index (χ1v) is 12.8. The maximum atomic E-state index is 13.5. The van der Waals surface area contributed by atoms with Crippen LogP contribution in [0.1, 0.15) is 58.9 Å². The van der Waals surface area contributed by atoms with Crippen LogP contribution < -0.4 is 20.1 Å². The van der Waals surface area contributed by atoms with Gasteiger partial charge in [-0.1, -0.05) is 6.07 Å². The number of benzene rings is 2. The highest BCUT2D eigenvalue weighted by atomic mass is 19.2. The Hall–Kier alpha value is -2.87. The Labute approximate surface area is 212 Å². The van der Waals surface area contributed by atoms with Gasteiger partial charge in [0.1, 0.15) is 0 Å². The van der Waals surface area contributed by atoms with E-state index in [0.29, 0.717) is 0 Å². The van der Waals surface area contributed by atoms with E-state index in [1.165, 1.54) is 11.6 Å². The number of likely N-dealkylation sites (N-methyl/N-ethyl adjacent to an activating group) is 1. The topological polar surface area (TPSA) is 62.8 Å². The molecule has 2 aromatic rings. The number of rotatable bonds is 7. The van der Waals surface area contributed by atoms with Crippen LogP contribution in [-0.2, 0) is 5.41 Å². The van der Waals surface area contributed by atoms with Gasteiger partial charge < -0.3 is 25.0 Å². The van der Waals surface area contributed by atoms with Gasteiger partial charge in [-0.15, -0.1) is 0 Å². The first kappa shape index (κ1) is 26.2. The molecule has 0 bridgehead atoms. The van der Waals surface area contributed by atoms with Gasteiger partial charge in [0.15, 0.2) is 23.1 Å². The van der Waals surface area contributed by atoms with Gasteiger partial charge >= 0.3 is 6.03 Å². The van der Waals surface area contributed by atoms with Crippen LogP contribution in [0.4, 0.5) is 19.3 Å². The molecule has 1 saturated carbocycles. The molecule has 1 heterocycles.